The number of benzene rings is 1. The van der Waals surface area contributed by atoms with E-state index in [4.69, 9.17) is 0 Å². The smallest absolute Gasteiger partial charge is 0.228 e. The Morgan fingerprint density at radius 1 is 1.25 bits per heavy atom. The number of amides is 1. The average Bonchev–Trinajstić information content (AvgIpc) is 3.30. The zero-order valence-electron chi connectivity index (χ0n) is 16.3. The van der Waals surface area contributed by atoms with Gasteiger partial charge in [0, 0.05) is 47.9 Å². The van der Waals surface area contributed by atoms with Crippen LogP contribution >= 0.6 is 11.3 Å². The quantitative estimate of drug-likeness (QED) is 0.714. The molecule has 146 valence electrons. The van der Waals surface area contributed by atoms with Crippen LogP contribution in [0.25, 0.3) is 5.69 Å². The summed E-state index contributed by atoms with van der Waals surface area (Å²) in [4.78, 5) is 25.0. The fourth-order valence-electron chi connectivity index (χ4n) is 3.71. The molecule has 0 unspecified atom stereocenters. The number of rotatable bonds is 5. The van der Waals surface area contributed by atoms with E-state index in [9.17, 15) is 4.79 Å². The Morgan fingerprint density at radius 3 is 2.75 bits per heavy atom. The summed E-state index contributed by atoms with van der Waals surface area (Å²) in [6, 6.07) is 7.91. The van der Waals surface area contributed by atoms with Crippen LogP contribution in [-0.4, -0.2) is 38.4 Å². The molecule has 0 spiro atoms. The van der Waals surface area contributed by atoms with E-state index in [0.717, 1.165) is 54.7 Å². The Kier molecular flexibility index (Phi) is 5.54. The lowest BCUT2D eigenvalue weighted by Gasteiger charge is -2.31. The highest BCUT2D eigenvalue weighted by Crippen LogP contribution is 2.23. The molecule has 1 fully saturated rings. The molecule has 3 heterocycles. The molecule has 1 saturated heterocycles. The Balaban J connectivity index is 1.35. The van der Waals surface area contributed by atoms with Gasteiger partial charge < -0.3 is 9.88 Å². The van der Waals surface area contributed by atoms with Crippen LogP contribution in [0, 0.1) is 19.8 Å². The highest BCUT2D eigenvalue weighted by molar-refractivity contribution is 7.11. The van der Waals surface area contributed by atoms with Crippen LogP contribution in [0.1, 0.15) is 28.6 Å². The van der Waals surface area contributed by atoms with E-state index >= 15 is 0 Å². The number of hydrogen-bond donors (Lipinski definition) is 1. The fourth-order valence-corrected chi connectivity index (χ4v) is 4.55. The van der Waals surface area contributed by atoms with E-state index in [1.165, 1.54) is 4.88 Å². The first kappa shape index (κ1) is 18.8. The second-order valence-electron chi connectivity index (χ2n) is 7.30. The molecule has 3 aromatic rings. The van der Waals surface area contributed by atoms with Crippen molar-refractivity contribution in [2.45, 2.75) is 33.2 Å². The number of thiazole rings is 1. The second-order valence-corrected chi connectivity index (χ2v) is 8.62. The largest absolute Gasteiger partial charge is 0.326 e. The zero-order chi connectivity index (χ0) is 19.5. The number of aryl methyl sites for hydroxylation is 2. The molecular weight excluding hydrogens is 370 g/mol. The van der Waals surface area contributed by atoms with Crippen molar-refractivity contribution in [1.82, 2.24) is 19.4 Å². The lowest BCUT2D eigenvalue weighted by atomic mass is 9.97. The number of hydrogen-bond acceptors (Lipinski definition) is 5. The number of nitrogens with zero attached hydrogens (tertiary/aromatic N) is 4. The van der Waals surface area contributed by atoms with Crippen LogP contribution in [0.2, 0.25) is 0 Å². The molecule has 1 aliphatic heterocycles. The van der Waals surface area contributed by atoms with Crippen molar-refractivity contribution in [1.29, 1.82) is 0 Å². The summed E-state index contributed by atoms with van der Waals surface area (Å²) in [7, 11) is 0. The summed E-state index contributed by atoms with van der Waals surface area (Å²) in [6.07, 6.45) is 7.66. The van der Waals surface area contributed by atoms with Crippen molar-refractivity contribution in [3.8, 4) is 5.69 Å². The number of imidazole rings is 1. The summed E-state index contributed by atoms with van der Waals surface area (Å²) < 4.78 is 2.02. The van der Waals surface area contributed by atoms with Gasteiger partial charge in [0.25, 0.3) is 0 Å². The molecule has 2 aromatic heterocycles. The van der Waals surface area contributed by atoms with Crippen molar-refractivity contribution in [2.75, 3.05) is 18.4 Å². The predicted octanol–water partition coefficient (Wildman–Crippen LogP) is 3.80. The molecule has 7 heteroatoms. The minimum absolute atomic E-state index is 0.0262. The van der Waals surface area contributed by atoms with Crippen LogP contribution in [0.4, 0.5) is 5.69 Å². The maximum absolute atomic E-state index is 12.8. The minimum atomic E-state index is 0.0262. The average molecular weight is 396 g/mol. The molecule has 1 aromatic carbocycles. The Morgan fingerprint density at radius 2 is 2.07 bits per heavy atom. The van der Waals surface area contributed by atoms with Crippen molar-refractivity contribution in [2.24, 2.45) is 5.92 Å². The van der Waals surface area contributed by atoms with Gasteiger partial charge in [-0.15, -0.1) is 11.3 Å². The van der Waals surface area contributed by atoms with E-state index in [1.54, 1.807) is 17.5 Å². The van der Waals surface area contributed by atoms with E-state index in [-0.39, 0.29) is 11.8 Å². The molecule has 1 amide bonds. The van der Waals surface area contributed by atoms with E-state index in [2.05, 4.69) is 20.2 Å². The van der Waals surface area contributed by atoms with Gasteiger partial charge >= 0.3 is 0 Å². The first-order valence-corrected chi connectivity index (χ1v) is 10.4. The monoisotopic (exact) mass is 395 g/mol. The fraction of sp³-hybridized carbons (Fsp3) is 0.381. The van der Waals surface area contributed by atoms with Crippen molar-refractivity contribution in [3.63, 3.8) is 0 Å². The molecular formula is C21H25N5OS. The zero-order valence-corrected chi connectivity index (χ0v) is 17.1. The number of carbonyl (C=O) groups is 1. The first-order chi connectivity index (χ1) is 13.6. The van der Waals surface area contributed by atoms with Crippen LogP contribution in [0.15, 0.2) is 42.9 Å². The molecule has 0 bridgehead atoms. The molecule has 0 saturated carbocycles. The van der Waals surface area contributed by atoms with Gasteiger partial charge in [-0.1, -0.05) is 0 Å². The van der Waals surface area contributed by atoms with Crippen LogP contribution in [0.3, 0.4) is 0 Å². The van der Waals surface area contributed by atoms with Crippen LogP contribution < -0.4 is 5.32 Å². The summed E-state index contributed by atoms with van der Waals surface area (Å²) >= 11 is 1.73. The van der Waals surface area contributed by atoms with Gasteiger partial charge in [0.05, 0.1) is 10.9 Å². The third-order valence-corrected chi connectivity index (χ3v) is 6.06. The number of piperidine rings is 1. The van der Waals surface area contributed by atoms with Gasteiger partial charge in [0.1, 0.15) is 5.82 Å². The standard InChI is InChI=1S/C21H25N5OS/c1-15-22-9-11-26(15)19-7-5-18(6-8-19)24-21(27)17-4-3-10-25(13-17)14-20-12-23-16(2)28-20/h5-9,11-12,17H,3-4,10,13-14H2,1-2H3,(H,24,27)/t17-/m0/s1. The molecule has 1 N–H and O–H groups in total. The molecule has 1 aliphatic rings. The van der Waals surface area contributed by atoms with E-state index in [0.29, 0.717) is 0 Å². The first-order valence-electron chi connectivity index (χ1n) is 9.63. The summed E-state index contributed by atoms with van der Waals surface area (Å²) in [6.45, 7) is 6.72. The third kappa shape index (κ3) is 4.31. The van der Waals surface area contributed by atoms with Crippen molar-refractivity contribution < 1.29 is 4.79 Å². The summed E-state index contributed by atoms with van der Waals surface area (Å²) in [5.74, 6) is 1.07. The third-order valence-electron chi connectivity index (χ3n) is 5.16. The minimum Gasteiger partial charge on any atom is -0.326 e. The van der Waals surface area contributed by atoms with Gasteiger partial charge in [-0.25, -0.2) is 9.97 Å². The van der Waals surface area contributed by atoms with Crippen molar-refractivity contribution in [3.05, 3.63) is 58.6 Å². The van der Waals surface area contributed by atoms with Crippen molar-refractivity contribution >= 4 is 22.9 Å². The Labute approximate surface area is 169 Å². The maximum Gasteiger partial charge on any atom is 0.228 e. The van der Waals surface area contributed by atoms with Gasteiger partial charge in [-0.3, -0.25) is 9.69 Å². The highest BCUT2D eigenvalue weighted by atomic mass is 32.1. The van der Waals surface area contributed by atoms with E-state index < -0.39 is 0 Å². The number of nitrogens with one attached hydrogen (secondary N) is 1. The Bertz CT molecular complexity index is 946. The maximum atomic E-state index is 12.8. The SMILES string of the molecule is Cc1ncc(CN2CCC[C@H](C(=O)Nc3ccc(-n4ccnc4C)cc3)C2)s1. The molecule has 4 rings (SSSR count). The van der Waals surface area contributed by atoms with Crippen LogP contribution in [-0.2, 0) is 11.3 Å². The Hall–Kier alpha value is -2.51. The lowest BCUT2D eigenvalue weighted by molar-refractivity contribution is -0.121. The molecule has 0 radical (unpaired) electrons. The summed E-state index contributed by atoms with van der Waals surface area (Å²) in [5.41, 5.74) is 1.87. The normalized spacial score (nSPS) is 17.6. The lowest BCUT2D eigenvalue weighted by Crippen LogP contribution is -2.40. The molecule has 6 nitrogen and oxygen atoms in total. The molecule has 0 aliphatic carbocycles. The number of aromatic nitrogens is 3. The predicted molar refractivity (Wildman–Crippen MR) is 112 cm³/mol. The van der Waals surface area contributed by atoms with Gasteiger partial charge in [0.15, 0.2) is 0 Å². The van der Waals surface area contributed by atoms with Crippen LogP contribution in [0.5, 0.6) is 0 Å². The van der Waals surface area contributed by atoms with E-state index in [1.807, 2.05) is 55.1 Å². The number of carbonyl (C=O) groups excluding carboxylic acids is 1. The second kappa shape index (κ2) is 8.24. The van der Waals surface area contributed by atoms with Gasteiger partial charge in [0.2, 0.25) is 5.91 Å². The van der Waals surface area contributed by atoms with Gasteiger partial charge in [-0.05, 0) is 57.5 Å². The number of anilines is 1. The molecule has 1 atom stereocenters. The molecule has 28 heavy (non-hydrogen) atoms. The summed E-state index contributed by atoms with van der Waals surface area (Å²) in [5, 5.41) is 4.18. The number of likely N-dealkylation sites (tertiary alicyclic amines) is 1. The highest BCUT2D eigenvalue weighted by Gasteiger charge is 2.26. The topological polar surface area (TPSA) is 63.1 Å². The van der Waals surface area contributed by atoms with Gasteiger partial charge in [-0.2, -0.15) is 0 Å².